The van der Waals surface area contributed by atoms with Gasteiger partial charge in [0, 0.05) is 43.8 Å². The number of carbonyl (C=O) groups is 1. The number of benzene rings is 1. The van der Waals surface area contributed by atoms with Crippen LogP contribution in [0.3, 0.4) is 0 Å². The molecule has 9 heteroatoms. The molecule has 0 bridgehead atoms. The number of aryl methyl sites for hydroxylation is 1. The molecule has 3 aromatic rings. The standard InChI is InChI=1S/C24H29N5O3S/c1-18-25-14-15-29(18)23-13-8-19(16-26-23)17-27-24(30)20-9-11-22(12-10-20)33(31,32)28(2)21-6-4-3-5-7-21/h8-16,21H,3-7,17H2,1-2H3,(H,27,30). The highest BCUT2D eigenvalue weighted by Gasteiger charge is 2.29. The first-order valence-electron chi connectivity index (χ1n) is 11.2. The zero-order valence-electron chi connectivity index (χ0n) is 18.9. The number of aromatic nitrogens is 3. The van der Waals surface area contributed by atoms with Gasteiger partial charge in [-0.2, -0.15) is 4.31 Å². The molecule has 0 aliphatic heterocycles. The van der Waals surface area contributed by atoms with E-state index in [0.29, 0.717) is 12.1 Å². The molecule has 1 amide bonds. The monoisotopic (exact) mass is 467 g/mol. The van der Waals surface area contributed by atoms with Gasteiger partial charge in [0.15, 0.2) is 0 Å². The lowest BCUT2D eigenvalue weighted by molar-refractivity contribution is 0.0950. The van der Waals surface area contributed by atoms with Gasteiger partial charge in [0.25, 0.3) is 5.91 Å². The number of hydrogen-bond acceptors (Lipinski definition) is 5. The minimum atomic E-state index is -3.58. The zero-order valence-corrected chi connectivity index (χ0v) is 19.8. The first-order chi connectivity index (χ1) is 15.9. The topological polar surface area (TPSA) is 97.2 Å². The molecule has 0 spiro atoms. The lowest BCUT2D eigenvalue weighted by Gasteiger charge is -2.30. The Kier molecular flexibility index (Phi) is 6.90. The van der Waals surface area contributed by atoms with Crippen molar-refractivity contribution in [3.05, 3.63) is 71.9 Å². The summed E-state index contributed by atoms with van der Waals surface area (Å²) in [6.45, 7) is 2.22. The molecule has 33 heavy (non-hydrogen) atoms. The molecule has 1 fully saturated rings. The van der Waals surface area contributed by atoms with Crippen LogP contribution in [0, 0.1) is 6.92 Å². The Labute approximate surface area is 194 Å². The number of carbonyl (C=O) groups excluding carboxylic acids is 1. The van der Waals surface area contributed by atoms with Gasteiger partial charge in [0.2, 0.25) is 10.0 Å². The molecule has 1 aliphatic rings. The maximum atomic E-state index is 13.0. The van der Waals surface area contributed by atoms with Gasteiger partial charge in [-0.3, -0.25) is 9.36 Å². The Morgan fingerprint density at radius 2 is 1.82 bits per heavy atom. The molecule has 0 saturated heterocycles. The largest absolute Gasteiger partial charge is 0.348 e. The molecule has 1 aliphatic carbocycles. The van der Waals surface area contributed by atoms with Gasteiger partial charge in [0.05, 0.1) is 4.90 Å². The van der Waals surface area contributed by atoms with Crippen LogP contribution in [-0.2, 0) is 16.6 Å². The second-order valence-electron chi connectivity index (χ2n) is 8.39. The van der Waals surface area contributed by atoms with E-state index in [2.05, 4.69) is 15.3 Å². The molecule has 8 nitrogen and oxygen atoms in total. The molecule has 174 valence electrons. The molecular formula is C24H29N5O3S. The summed E-state index contributed by atoms with van der Waals surface area (Å²) in [5.41, 5.74) is 1.27. The Morgan fingerprint density at radius 3 is 2.42 bits per heavy atom. The zero-order chi connectivity index (χ0) is 23.4. The summed E-state index contributed by atoms with van der Waals surface area (Å²) in [6.07, 6.45) is 10.4. The van der Waals surface area contributed by atoms with Gasteiger partial charge in [-0.15, -0.1) is 0 Å². The van der Waals surface area contributed by atoms with Gasteiger partial charge < -0.3 is 5.32 Å². The van der Waals surface area contributed by atoms with Crippen LogP contribution in [0.15, 0.2) is 59.9 Å². The van der Waals surface area contributed by atoms with Crippen molar-refractivity contribution >= 4 is 15.9 Å². The van der Waals surface area contributed by atoms with Crippen LogP contribution in [0.4, 0.5) is 0 Å². The van der Waals surface area contributed by atoms with Gasteiger partial charge >= 0.3 is 0 Å². The van der Waals surface area contributed by atoms with Crippen molar-refractivity contribution < 1.29 is 13.2 Å². The van der Waals surface area contributed by atoms with E-state index in [0.717, 1.165) is 42.9 Å². The summed E-state index contributed by atoms with van der Waals surface area (Å²) in [5, 5.41) is 2.86. The van der Waals surface area contributed by atoms with Crippen LogP contribution in [0.5, 0.6) is 0 Å². The predicted octanol–water partition coefficient (Wildman–Crippen LogP) is 3.46. The molecule has 0 atom stereocenters. The molecule has 0 unspecified atom stereocenters. The Hall–Kier alpha value is -3.04. The number of amides is 1. The van der Waals surface area contributed by atoms with E-state index in [9.17, 15) is 13.2 Å². The van der Waals surface area contributed by atoms with Crippen LogP contribution in [0.1, 0.15) is 53.8 Å². The highest BCUT2D eigenvalue weighted by atomic mass is 32.2. The minimum absolute atomic E-state index is 0.0458. The second kappa shape index (κ2) is 9.84. The molecule has 2 aromatic heterocycles. The molecule has 1 saturated carbocycles. The van der Waals surface area contributed by atoms with E-state index in [4.69, 9.17) is 0 Å². The summed E-state index contributed by atoms with van der Waals surface area (Å²) in [7, 11) is -1.92. The third-order valence-electron chi connectivity index (χ3n) is 6.22. The second-order valence-corrected chi connectivity index (χ2v) is 10.4. The number of rotatable bonds is 7. The van der Waals surface area contributed by atoms with Crippen molar-refractivity contribution in [3.63, 3.8) is 0 Å². The summed E-state index contributed by atoms with van der Waals surface area (Å²) >= 11 is 0. The van der Waals surface area contributed by atoms with Crippen LogP contribution < -0.4 is 5.32 Å². The van der Waals surface area contributed by atoms with Crippen molar-refractivity contribution in [1.29, 1.82) is 0 Å². The summed E-state index contributed by atoms with van der Waals surface area (Å²) < 4.78 is 29.3. The number of nitrogens with one attached hydrogen (secondary N) is 1. The van der Waals surface area contributed by atoms with E-state index >= 15 is 0 Å². The molecule has 2 heterocycles. The average Bonchev–Trinajstić information content (AvgIpc) is 3.28. The summed E-state index contributed by atoms with van der Waals surface area (Å²) in [4.78, 5) is 21.4. The van der Waals surface area contributed by atoms with E-state index in [1.54, 1.807) is 31.6 Å². The number of imidazole rings is 1. The normalized spacial score (nSPS) is 15.0. The quantitative estimate of drug-likeness (QED) is 0.574. The van der Waals surface area contributed by atoms with Crippen molar-refractivity contribution in [2.45, 2.75) is 56.5 Å². The Balaban J connectivity index is 1.37. The van der Waals surface area contributed by atoms with E-state index < -0.39 is 10.0 Å². The smallest absolute Gasteiger partial charge is 0.251 e. The van der Waals surface area contributed by atoms with Crippen molar-refractivity contribution in [2.24, 2.45) is 0 Å². The maximum absolute atomic E-state index is 13.0. The molecule has 1 aromatic carbocycles. The first-order valence-corrected chi connectivity index (χ1v) is 12.6. The SMILES string of the molecule is Cc1nccn1-c1ccc(CNC(=O)c2ccc(S(=O)(=O)N(C)C3CCCCC3)cc2)cn1. The van der Waals surface area contributed by atoms with E-state index in [1.165, 1.54) is 22.9 Å². The molecular weight excluding hydrogens is 438 g/mol. The van der Waals surface area contributed by atoms with Gasteiger partial charge in [-0.05, 0) is 55.7 Å². The average molecular weight is 468 g/mol. The minimum Gasteiger partial charge on any atom is -0.348 e. The Morgan fingerprint density at radius 1 is 1.09 bits per heavy atom. The number of hydrogen-bond donors (Lipinski definition) is 1. The lowest BCUT2D eigenvalue weighted by Crippen LogP contribution is -2.38. The van der Waals surface area contributed by atoms with E-state index in [1.807, 2.05) is 29.8 Å². The Bertz CT molecular complexity index is 1200. The van der Waals surface area contributed by atoms with Crippen molar-refractivity contribution in [3.8, 4) is 5.82 Å². The third-order valence-corrected chi connectivity index (χ3v) is 8.14. The lowest BCUT2D eigenvalue weighted by atomic mass is 9.96. The first kappa shape index (κ1) is 23.1. The van der Waals surface area contributed by atoms with Gasteiger partial charge in [-0.25, -0.2) is 18.4 Å². The third kappa shape index (κ3) is 5.15. The molecule has 1 N–H and O–H groups in total. The van der Waals surface area contributed by atoms with Crippen LogP contribution in [0.25, 0.3) is 5.82 Å². The number of pyridine rings is 1. The fourth-order valence-corrected chi connectivity index (χ4v) is 5.57. The number of sulfonamides is 1. The fourth-order valence-electron chi connectivity index (χ4n) is 4.15. The number of nitrogens with zero attached hydrogens (tertiary/aromatic N) is 4. The van der Waals surface area contributed by atoms with Gasteiger partial charge in [0.1, 0.15) is 11.6 Å². The van der Waals surface area contributed by atoms with Gasteiger partial charge in [-0.1, -0.05) is 25.3 Å². The molecule has 0 radical (unpaired) electrons. The van der Waals surface area contributed by atoms with Crippen molar-refractivity contribution in [2.75, 3.05) is 7.05 Å². The summed E-state index contributed by atoms with van der Waals surface area (Å²) in [6, 6.07) is 9.95. The van der Waals surface area contributed by atoms with Crippen LogP contribution in [0.2, 0.25) is 0 Å². The van der Waals surface area contributed by atoms with Crippen LogP contribution in [-0.4, -0.2) is 46.3 Å². The molecule has 4 rings (SSSR count). The highest BCUT2D eigenvalue weighted by molar-refractivity contribution is 7.89. The van der Waals surface area contributed by atoms with E-state index in [-0.39, 0.29) is 16.8 Å². The summed E-state index contributed by atoms with van der Waals surface area (Å²) in [5.74, 6) is 1.34. The van der Waals surface area contributed by atoms with Crippen molar-refractivity contribution in [1.82, 2.24) is 24.2 Å². The highest BCUT2D eigenvalue weighted by Crippen LogP contribution is 2.26. The van der Waals surface area contributed by atoms with Crippen LogP contribution >= 0.6 is 0 Å². The maximum Gasteiger partial charge on any atom is 0.251 e. The predicted molar refractivity (Wildman–Crippen MR) is 126 cm³/mol. The fraction of sp³-hybridized carbons (Fsp3) is 0.375.